The van der Waals surface area contributed by atoms with Crippen molar-refractivity contribution < 1.29 is 4.42 Å². The molecule has 4 aromatic heterocycles. The lowest BCUT2D eigenvalue weighted by atomic mass is 9.91. The monoisotopic (exact) mass is 828 g/mol. The minimum atomic E-state index is 0.870. The summed E-state index contributed by atoms with van der Waals surface area (Å²) in [5.74, 6) is 0. The Morgan fingerprint density at radius 2 is 1.06 bits per heavy atom. The maximum Gasteiger partial charge on any atom is 0.143 e. The summed E-state index contributed by atoms with van der Waals surface area (Å²) < 4.78 is 9.09. The van der Waals surface area contributed by atoms with Crippen molar-refractivity contribution in [3.63, 3.8) is 0 Å². The van der Waals surface area contributed by atoms with Gasteiger partial charge in [0.2, 0.25) is 0 Å². The molecule has 1 aliphatic heterocycles. The van der Waals surface area contributed by atoms with Crippen molar-refractivity contribution in [1.82, 2.24) is 14.5 Å². The number of para-hydroxylation sites is 4. The van der Waals surface area contributed by atoms with E-state index in [0.29, 0.717) is 0 Å². The third-order valence-electron chi connectivity index (χ3n) is 13.4. The highest BCUT2D eigenvalue weighted by Gasteiger charge is 2.29. The Morgan fingerprint density at radius 3 is 1.92 bits per heavy atom. The molecule has 302 valence electrons. The van der Waals surface area contributed by atoms with E-state index in [1.54, 1.807) is 0 Å². The molecule has 1 aliphatic rings. The molecule has 5 nitrogen and oxygen atoms in total. The number of rotatable bonds is 5. The van der Waals surface area contributed by atoms with Crippen LogP contribution >= 0.6 is 0 Å². The fourth-order valence-electron chi connectivity index (χ4n) is 10.4. The maximum atomic E-state index is 6.73. The van der Waals surface area contributed by atoms with Gasteiger partial charge in [0.15, 0.2) is 0 Å². The van der Waals surface area contributed by atoms with Gasteiger partial charge >= 0.3 is 0 Å². The van der Waals surface area contributed by atoms with E-state index in [0.717, 1.165) is 99.9 Å². The predicted molar refractivity (Wildman–Crippen MR) is 269 cm³/mol. The van der Waals surface area contributed by atoms with Crippen LogP contribution in [0.15, 0.2) is 223 Å². The fourth-order valence-corrected chi connectivity index (χ4v) is 10.4. The second-order valence-electron chi connectivity index (χ2n) is 17.0. The van der Waals surface area contributed by atoms with Crippen LogP contribution in [0.3, 0.4) is 0 Å². The summed E-state index contributed by atoms with van der Waals surface area (Å²) in [6.07, 6.45) is 3.97. The highest BCUT2D eigenvalue weighted by Crippen LogP contribution is 2.52. The standard InChI is InChI=1S/C60H36N4O/c1-3-12-37(13-4-1)39-24-30-55-50(34-39)59-58-51(45-16-7-9-20-52(45)62-59)35-61-36-56(58)64(55)43-27-22-38(23-28-43)44-18-11-19-47-49-33-41(26-31-57(49)65-60(44)47)40-25-29-54-48(32-40)46-17-8-10-21-53(46)63(54)42-14-5-2-6-15-42/h1-36H. The molecule has 0 spiro atoms. The van der Waals surface area contributed by atoms with Gasteiger partial charge in [0.05, 0.1) is 39.8 Å². The molecule has 0 aliphatic carbocycles. The topological polar surface area (TPSA) is 47.1 Å². The van der Waals surface area contributed by atoms with Crippen LogP contribution in [0.4, 0.5) is 17.1 Å². The van der Waals surface area contributed by atoms with Crippen LogP contribution in [0.5, 0.6) is 0 Å². The minimum absolute atomic E-state index is 0.870. The summed E-state index contributed by atoms with van der Waals surface area (Å²) in [5, 5.41) is 7.96. The molecular weight excluding hydrogens is 793 g/mol. The van der Waals surface area contributed by atoms with Gasteiger partial charge in [-0.3, -0.25) is 4.98 Å². The molecule has 5 heterocycles. The zero-order chi connectivity index (χ0) is 42.6. The largest absolute Gasteiger partial charge is 0.455 e. The normalized spacial score (nSPS) is 12.3. The highest BCUT2D eigenvalue weighted by molar-refractivity contribution is 6.20. The van der Waals surface area contributed by atoms with Crippen LogP contribution in [0.1, 0.15) is 0 Å². The van der Waals surface area contributed by atoms with Gasteiger partial charge < -0.3 is 13.9 Å². The van der Waals surface area contributed by atoms with Gasteiger partial charge in [0, 0.05) is 66.4 Å². The molecule has 0 fully saturated rings. The molecule has 14 rings (SSSR count). The van der Waals surface area contributed by atoms with Crippen molar-refractivity contribution in [3.8, 4) is 50.3 Å². The Balaban J connectivity index is 0.868. The van der Waals surface area contributed by atoms with Crippen molar-refractivity contribution in [2.75, 3.05) is 4.90 Å². The number of hydrogen-bond acceptors (Lipinski definition) is 4. The minimum Gasteiger partial charge on any atom is -0.455 e. The van der Waals surface area contributed by atoms with Crippen molar-refractivity contribution >= 4 is 82.5 Å². The van der Waals surface area contributed by atoms with Crippen LogP contribution in [0.2, 0.25) is 0 Å². The Bertz CT molecular complexity index is 4060. The molecule has 13 aromatic rings. The molecule has 0 saturated heterocycles. The van der Waals surface area contributed by atoms with Crippen molar-refractivity contribution in [2.45, 2.75) is 0 Å². The SMILES string of the molecule is c1ccc(-c2ccc3c(c2)-c2nc4ccccc4c4cncc(c24)N3c2ccc(-c3cccc4c3oc3ccc(-c5ccc6c(c5)c5ccccc5n6-c5ccccc5)cc34)cc2)cc1. The number of furan rings is 1. The summed E-state index contributed by atoms with van der Waals surface area (Å²) in [5.41, 5.74) is 18.2. The van der Waals surface area contributed by atoms with Crippen LogP contribution in [-0.4, -0.2) is 14.5 Å². The molecule has 65 heavy (non-hydrogen) atoms. The lowest BCUT2D eigenvalue weighted by molar-refractivity contribution is 0.670. The number of benzene rings is 9. The molecule has 0 atom stereocenters. The second kappa shape index (κ2) is 13.9. The van der Waals surface area contributed by atoms with Gasteiger partial charge in [-0.15, -0.1) is 0 Å². The molecule has 0 N–H and O–H groups in total. The Morgan fingerprint density at radius 1 is 0.385 bits per heavy atom. The van der Waals surface area contributed by atoms with Crippen molar-refractivity contribution in [1.29, 1.82) is 0 Å². The quantitative estimate of drug-likeness (QED) is 0.162. The number of pyridine rings is 2. The molecule has 0 amide bonds. The number of aromatic nitrogens is 3. The smallest absolute Gasteiger partial charge is 0.143 e. The first kappa shape index (κ1) is 35.8. The Labute approximate surface area is 373 Å². The second-order valence-corrected chi connectivity index (χ2v) is 17.0. The van der Waals surface area contributed by atoms with E-state index in [1.165, 1.54) is 32.9 Å². The lowest BCUT2D eigenvalue weighted by Gasteiger charge is -2.33. The van der Waals surface area contributed by atoms with Crippen molar-refractivity contribution in [2.24, 2.45) is 0 Å². The lowest BCUT2D eigenvalue weighted by Crippen LogP contribution is -2.16. The molecule has 9 aromatic carbocycles. The summed E-state index contributed by atoms with van der Waals surface area (Å²) >= 11 is 0. The van der Waals surface area contributed by atoms with Gasteiger partial charge in [-0.2, -0.15) is 0 Å². The summed E-state index contributed by atoms with van der Waals surface area (Å²) in [6.45, 7) is 0. The number of anilines is 3. The van der Waals surface area contributed by atoms with Crippen LogP contribution in [-0.2, 0) is 0 Å². The van der Waals surface area contributed by atoms with Gasteiger partial charge in [0.1, 0.15) is 11.2 Å². The zero-order valence-electron chi connectivity index (χ0n) is 35.0. The first-order chi connectivity index (χ1) is 32.2. The Kier molecular flexibility index (Phi) is 7.62. The number of nitrogens with zero attached hydrogens (tertiary/aromatic N) is 4. The van der Waals surface area contributed by atoms with E-state index in [1.807, 2.05) is 12.4 Å². The zero-order valence-corrected chi connectivity index (χ0v) is 35.0. The maximum absolute atomic E-state index is 6.73. The predicted octanol–water partition coefficient (Wildman–Crippen LogP) is 16.2. The number of hydrogen-bond donors (Lipinski definition) is 0. The van der Waals surface area contributed by atoms with Crippen LogP contribution in [0, 0.1) is 0 Å². The number of fused-ring (bicyclic) bond motifs is 10. The molecule has 0 unspecified atom stereocenters. The molecule has 0 bridgehead atoms. The first-order valence-corrected chi connectivity index (χ1v) is 22.0. The molecular formula is C60H36N4O. The first-order valence-electron chi connectivity index (χ1n) is 22.0. The van der Waals surface area contributed by atoms with Gasteiger partial charge in [-0.25, -0.2) is 4.98 Å². The van der Waals surface area contributed by atoms with E-state index < -0.39 is 0 Å². The van der Waals surface area contributed by atoms with Gasteiger partial charge in [-0.05, 0) is 101 Å². The summed E-state index contributed by atoms with van der Waals surface area (Å²) in [4.78, 5) is 12.5. The highest BCUT2D eigenvalue weighted by atomic mass is 16.3. The van der Waals surface area contributed by atoms with E-state index in [4.69, 9.17) is 14.4 Å². The fraction of sp³-hybridized carbons (Fsp3) is 0. The van der Waals surface area contributed by atoms with Gasteiger partial charge in [-0.1, -0.05) is 133 Å². The molecule has 0 radical (unpaired) electrons. The van der Waals surface area contributed by atoms with E-state index in [-0.39, 0.29) is 0 Å². The third-order valence-corrected chi connectivity index (χ3v) is 13.4. The summed E-state index contributed by atoms with van der Waals surface area (Å²) in [6, 6.07) is 73.7. The van der Waals surface area contributed by atoms with E-state index in [2.05, 4.69) is 216 Å². The van der Waals surface area contributed by atoms with Crippen molar-refractivity contribution in [3.05, 3.63) is 219 Å². The van der Waals surface area contributed by atoms with Crippen LogP contribution in [0.25, 0.3) is 116 Å². The van der Waals surface area contributed by atoms with Gasteiger partial charge in [0.25, 0.3) is 0 Å². The van der Waals surface area contributed by atoms with E-state index in [9.17, 15) is 0 Å². The third kappa shape index (κ3) is 5.39. The van der Waals surface area contributed by atoms with Crippen LogP contribution < -0.4 is 4.90 Å². The summed E-state index contributed by atoms with van der Waals surface area (Å²) in [7, 11) is 0. The Hall–Kier alpha value is -8.80. The average molecular weight is 829 g/mol. The van der Waals surface area contributed by atoms with E-state index >= 15 is 0 Å². The molecule has 0 saturated carbocycles. The molecule has 5 heteroatoms. The average Bonchev–Trinajstić information content (AvgIpc) is 3.92.